The Morgan fingerprint density at radius 3 is 2.35 bits per heavy atom. The summed E-state index contributed by atoms with van der Waals surface area (Å²) in [5, 5.41) is 0. The molecule has 0 radical (unpaired) electrons. The highest BCUT2D eigenvalue weighted by molar-refractivity contribution is 8.45. The summed E-state index contributed by atoms with van der Waals surface area (Å²) >= 11 is 0. The fraction of sp³-hybridized carbons (Fsp3) is 0.400. The van der Waals surface area contributed by atoms with Crippen LogP contribution in [0.5, 0.6) is 0 Å². The van der Waals surface area contributed by atoms with Crippen LogP contribution in [0.1, 0.15) is 11.5 Å². The van der Waals surface area contributed by atoms with Crippen LogP contribution in [0.2, 0.25) is 0 Å². The van der Waals surface area contributed by atoms with E-state index in [2.05, 4.69) is 0 Å². The Morgan fingerprint density at radius 2 is 1.76 bits per heavy atom. The van der Waals surface area contributed by atoms with Gasteiger partial charge in [0, 0.05) is 25.2 Å². The Hall–Kier alpha value is -0.980. The molecule has 0 N–H and O–H groups in total. The zero-order valence-corrected chi connectivity index (χ0v) is 9.86. The summed E-state index contributed by atoms with van der Waals surface area (Å²) in [5.74, 6) is -3.19. The van der Waals surface area contributed by atoms with Gasteiger partial charge in [0.25, 0.3) is 10.2 Å². The van der Waals surface area contributed by atoms with Crippen LogP contribution >= 0.6 is 10.2 Å². The summed E-state index contributed by atoms with van der Waals surface area (Å²) in [5.41, 5.74) is 0.947. The van der Waals surface area contributed by atoms with E-state index in [1.165, 1.54) is 6.07 Å². The summed E-state index contributed by atoms with van der Waals surface area (Å²) in [7, 11) is -7.74. The average molecular weight is 273 g/mol. The molecule has 0 aromatic heterocycles. The lowest BCUT2D eigenvalue weighted by Gasteiger charge is -2.42. The zero-order valence-electron chi connectivity index (χ0n) is 9.05. The zero-order chi connectivity index (χ0) is 13.0. The van der Waals surface area contributed by atoms with Gasteiger partial charge in [-0.1, -0.05) is 37.6 Å². The molecule has 0 amide bonds. The Bertz CT molecular complexity index is 455. The van der Waals surface area contributed by atoms with Crippen LogP contribution in [0.4, 0.5) is 25.1 Å². The molecule has 1 aromatic rings. The SMILES string of the molecule is CN1CC(CS(F)(F)(F)(F)F)c2ccccc21. The highest BCUT2D eigenvalue weighted by atomic mass is 32.5. The van der Waals surface area contributed by atoms with Crippen LogP contribution in [0.3, 0.4) is 0 Å². The number of hydrogen-bond acceptors (Lipinski definition) is 1. The van der Waals surface area contributed by atoms with Crippen molar-refractivity contribution in [2.45, 2.75) is 5.92 Å². The summed E-state index contributed by atoms with van der Waals surface area (Å²) < 4.78 is 62.3. The number of likely N-dealkylation sites (N-methyl/N-ethyl adjacent to an activating group) is 1. The minimum Gasteiger partial charge on any atom is -0.374 e. The molecule has 0 aliphatic carbocycles. The lowest BCUT2D eigenvalue weighted by molar-refractivity contribution is 0.358. The van der Waals surface area contributed by atoms with E-state index in [-0.39, 0.29) is 6.54 Å². The average Bonchev–Trinajstić information content (AvgIpc) is 2.39. The minimum absolute atomic E-state index is 0.0229. The first-order valence-electron chi connectivity index (χ1n) is 4.98. The molecule has 1 atom stereocenters. The van der Waals surface area contributed by atoms with E-state index in [1.54, 1.807) is 30.1 Å². The predicted octanol–water partition coefficient (Wildman–Crippen LogP) is 4.52. The minimum atomic E-state index is -9.35. The molecule has 2 rings (SSSR count). The fourth-order valence-electron chi connectivity index (χ4n) is 2.23. The largest absolute Gasteiger partial charge is 0.374 e. The van der Waals surface area contributed by atoms with Crippen molar-refractivity contribution in [1.82, 2.24) is 0 Å². The van der Waals surface area contributed by atoms with Crippen LogP contribution in [0.25, 0.3) is 0 Å². The molecule has 0 fully saturated rings. The highest BCUT2D eigenvalue weighted by Gasteiger charge is 2.64. The van der Waals surface area contributed by atoms with Gasteiger partial charge in [0.1, 0.15) is 0 Å². The Morgan fingerprint density at radius 1 is 1.18 bits per heavy atom. The Balaban J connectivity index is 2.34. The molecule has 1 nitrogen and oxygen atoms in total. The predicted molar refractivity (Wildman–Crippen MR) is 60.5 cm³/mol. The van der Waals surface area contributed by atoms with Gasteiger partial charge < -0.3 is 4.90 Å². The van der Waals surface area contributed by atoms with Crippen molar-refractivity contribution in [3.8, 4) is 0 Å². The second-order valence-corrected chi connectivity index (χ2v) is 7.02. The van der Waals surface area contributed by atoms with Crippen LogP contribution in [0, 0.1) is 0 Å². The summed E-state index contributed by atoms with van der Waals surface area (Å²) in [6, 6.07) is 6.36. The molecule has 98 valence electrons. The van der Waals surface area contributed by atoms with Gasteiger partial charge in [-0.2, -0.15) is 0 Å². The highest BCUT2D eigenvalue weighted by Crippen LogP contribution is 2.98. The third-order valence-electron chi connectivity index (χ3n) is 2.80. The quantitative estimate of drug-likeness (QED) is 0.716. The standard InChI is InChI=1S/C10H12F5NS/c1-16-6-8(7-17(11,12,13,14)15)9-4-2-3-5-10(9)16/h2-5,8H,6-7H2,1H3. The van der Waals surface area contributed by atoms with Crippen LogP contribution in [-0.4, -0.2) is 19.3 Å². The third-order valence-corrected chi connectivity index (χ3v) is 3.83. The van der Waals surface area contributed by atoms with E-state index < -0.39 is 21.9 Å². The maximum absolute atomic E-state index is 12.5. The fourth-order valence-corrected chi connectivity index (χ4v) is 3.28. The van der Waals surface area contributed by atoms with Gasteiger partial charge in [0.05, 0.1) is 5.75 Å². The van der Waals surface area contributed by atoms with Crippen molar-refractivity contribution in [2.75, 3.05) is 24.2 Å². The summed E-state index contributed by atoms with van der Waals surface area (Å²) in [4.78, 5) is 1.57. The molecule has 0 saturated carbocycles. The first-order valence-corrected chi connectivity index (χ1v) is 7.10. The Kier molecular flexibility index (Phi) is 2.11. The second-order valence-electron chi connectivity index (χ2n) is 4.43. The lowest BCUT2D eigenvalue weighted by atomic mass is 10.0. The number of fused-ring (bicyclic) bond motifs is 1. The maximum atomic E-state index is 12.5. The monoisotopic (exact) mass is 273 g/mol. The van der Waals surface area contributed by atoms with Crippen molar-refractivity contribution < 1.29 is 19.4 Å². The number of anilines is 1. The van der Waals surface area contributed by atoms with Crippen LogP contribution in [-0.2, 0) is 0 Å². The van der Waals surface area contributed by atoms with E-state index in [1.807, 2.05) is 0 Å². The van der Waals surface area contributed by atoms with E-state index in [9.17, 15) is 19.4 Å². The van der Waals surface area contributed by atoms with Gasteiger partial charge in [-0.05, 0) is 11.6 Å². The molecular formula is C10H12F5NS. The summed E-state index contributed by atoms with van der Waals surface area (Å²) in [6.07, 6.45) is 0. The molecule has 1 heterocycles. The summed E-state index contributed by atoms with van der Waals surface area (Å²) in [6.45, 7) is -0.0229. The molecule has 0 saturated heterocycles. The van der Waals surface area contributed by atoms with E-state index in [0.29, 0.717) is 11.3 Å². The van der Waals surface area contributed by atoms with Crippen molar-refractivity contribution >= 4 is 15.9 Å². The van der Waals surface area contributed by atoms with E-state index in [0.717, 1.165) is 0 Å². The van der Waals surface area contributed by atoms with Crippen molar-refractivity contribution in [3.63, 3.8) is 0 Å². The van der Waals surface area contributed by atoms with Crippen molar-refractivity contribution in [2.24, 2.45) is 0 Å². The number of benzene rings is 1. The van der Waals surface area contributed by atoms with Gasteiger partial charge >= 0.3 is 0 Å². The topological polar surface area (TPSA) is 3.24 Å². The molecule has 1 aliphatic rings. The molecule has 1 aromatic carbocycles. The molecule has 0 spiro atoms. The number of rotatable bonds is 2. The van der Waals surface area contributed by atoms with Gasteiger partial charge in [-0.25, -0.2) is 0 Å². The van der Waals surface area contributed by atoms with Crippen LogP contribution in [0.15, 0.2) is 24.3 Å². The second kappa shape index (κ2) is 2.88. The molecule has 1 unspecified atom stereocenters. The molecule has 7 heteroatoms. The third kappa shape index (κ3) is 3.02. The van der Waals surface area contributed by atoms with Gasteiger partial charge in [-0.15, -0.1) is 0 Å². The maximum Gasteiger partial charge on any atom is 0.286 e. The lowest BCUT2D eigenvalue weighted by Crippen LogP contribution is -2.22. The number of nitrogens with zero attached hydrogens (tertiary/aromatic N) is 1. The Labute approximate surface area is 95.9 Å². The molecule has 1 aliphatic heterocycles. The first-order chi connectivity index (χ1) is 7.45. The number of hydrogen-bond donors (Lipinski definition) is 0. The number of halogens is 5. The molecular weight excluding hydrogens is 261 g/mol. The molecule has 0 bridgehead atoms. The van der Waals surface area contributed by atoms with Crippen molar-refractivity contribution in [3.05, 3.63) is 29.8 Å². The first kappa shape index (κ1) is 12.5. The van der Waals surface area contributed by atoms with Gasteiger partial charge in [0.15, 0.2) is 0 Å². The number of para-hydroxylation sites is 1. The van der Waals surface area contributed by atoms with Gasteiger partial charge in [0.2, 0.25) is 0 Å². The van der Waals surface area contributed by atoms with Gasteiger partial charge in [-0.3, -0.25) is 0 Å². The van der Waals surface area contributed by atoms with Crippen LogP contribution < -0.4 is 4.90 Å². The van der Waals surface area contributed by atoms with E-state index in [4.69, 9.17) is 0 Å². The normalized spacial score (nSPS) is 24.1. The van der Waals surface area contributed by atoms with Crippen molar-refractivity contribution in [1.29, 1.82) is 0 Å². The van der Waals surface area contributed by atoms with E-state index >= 15 is 0 Å². The smallest absolute Gasteiger partial charge is 0.286 e. The molecule has 17 heavy (non-hydrogen) atoms.